The van der Waals surface area contributed by atoms with Gasteiger partial charge in [0.2, 0.25) is 0 Å². The summed E-state index contributed by atoms with van der Waals surface area (Å²) in [4.78, 5) is 0. The predicted octanol–water partition coefficient (Wildman–Crippen LogP) is 2.69. The first-order chi connectivity index (χ1) is 6.12. The molecule has 1 N–H and O–H groups in total. The molecule has 0 heterocycles. The van der Waals surface area contributed by atoms with Crippen molar-refractivity contribution in [2.75, 3.05) is 6.61 Å². The third-order valence-corrected chi connectivity index (χ3v) is 4.81. The summed E-state index contributed by atoms with van der Waals surface area (Å²) in [6, 6.07) is 0. The van der Waals surface area contributed by atoms with Crippen molar-refractivity contribution in [2.24, 2.45) is 29.1 Å². The van der Waals surface area contributed by atoms with Gasteiger partial charge >= 0.3 is 0 Å². The maximum absolute atomic E-state index is 9.15. The van der Waals surface area contributed by atoms with E-state index in [1.165, 1.54) is 19.3 Å². The molecule has 0 spiro atoms. The molecule has 1 nitrogen and oxygen atoms in total. The quantitative estimate of drug-likeness (QED) is 0.711. The van der Waals surface area contributed by atoms with E-state index in [-0.39, 0.29) is 0 Å². The molecule has 2 aliphatic carbocycles. The van der Waals surface area contributed by atoms with Gasteiger partial charge in [0, 0.05) is 6.61 Å². The molecule has 13 heavy (non-hydrogen) atoms. The largest absolute Gasteiger partial charge is 0.396 e. The summed E-state index contributed by atoms with van der Waals surface area (Å²) in [6.45, 7) is 7.33. The van der Waals surface area contributed by atoms with E-state index in [1.807, 2.05) is 0 Å². The van der Waals surface area contributed by atoms with Crippen molar-refractivity contribution < 1.29 is 5.11 Å². The van der Waals surface area contributed by atoms with Gasteiger partial charge in [-0.25, -0.2) is 0 Å². The van der Waals surface area contributed by atoms with Crippen molar-refractivity contribution in [3.05, 3.63) is 0 Å². The van der Waals surface area contributed by atoms with Crippen LogP contribution in [-0.2, 0) is 0 Å². The highest BCUT2D eigenvalue weighted by Gasteiger charge is 2.63. The van der Waals surface area contributed by atoms with Crippen LogP contribution in [0.5, 0.6) is 0 Å². The van der Waals surface area contributed by atoms with Crippen LogP contribution in [0.15, 0.2) is 0 Å². The molecular weight excluding hydrogens is 160 g/mol. The number of fused-ring (bicyclic) bond motifs is 1. The van der Waals surface area contributed by atoms with Crippen molar-refractivity contribution in [3.63, 3.8) is 0 Å². The van der Waals surface area contributed by atoms with Crippen molar-refractivity contribution in [3.8, 4) is 0 Å². The van der Waals surface area contributed by atoms with E-state index in [4.69, 9.17) is 5.11 Å². The lowest BCUT2D eigenvalue weighted by Crippen LogP contribution is -2.15. The molecule has 0 bridgehead atoms. The van der Waals surface area contributed by atoms with Crippen molar-refractivity contribution >= 4 is 0 Å². The molecule has 2 aliphatic rings. The monoisotopic (exact) mass is 182 g/mol. The molecule has 0 aromatic rings. The van der Waals surface area contributed by atoms with Gasteiger partial charge < -0.3 is 5.11 Å². The van der Waals surface area contributed by atoms with Crippen LogP contribution in [0.25, 0.3) is 0 Å². The van der Waals surface area contributed by atoms with E-state index in [2.05, 4.69) is 20.8 Å². The first kappa shape index (κ1) is 9.51. The minimum absolute atomic E-state index is 0.384. The third-order valence-electron chi connectivity index (χ3n) is 4.81. The SMILES string of the molecule is CC(CO)C1CCC2(C(C)C)CC12. The first-order valence-electron chi connectivity index (χ1n) is 5.72. The van der Waals surface area contributed by atoms with Crippen LogP contribution in [0, 0.1) is 29.1 Å². The molecule has 2 saturated carbocycles. The second-order valence-corrected chi connectivity index (χ2v) is 5.56. The molecule has 0 radical (unpaired) electrons. The van der Waals surface area contributed by atoms with E-state index in [0.717, 1.165) is 17.8 Å². The highest BCUT2D eigenvalue weighted by atomic mass is 16.3. The Balaban J connectivity index is 2.01. The van der Waals surface area contributed by atoms with Crippen molar-refractivity contribution in [1.29, 1.82) is 0 Å². The lowest BCUT2D eigenvalue weighted by molar-refractivity contribution is 0.177. The van der Waals surface area contributed by atoms with Crippen LogP contribution < -0.4 is 0 Å². The van der Waals surface area contributed by atoms with Crippen LogP contribution >= 0.6 is 0 Å². The summed E-state index contributed by atoms with van der Waals surface area (Å²) in [6.07, 6.45) is 4.23. The Morgan fingerprint density at radius 1 is 1.38 bits per heavy atom. The Labute approximate surface area is 81.5 Å². The summed E-state index contributed by atoms with van der Waals surface area (Å²) >= 11 is 0. The summed E-state index contributed by atoms with van der Waals surface area (Å²) in [5, 5.41) is 9.15. The normalized spacial score (nSPS) is 45.0. The highest BCUT2D eigenvalue weighted by Crippen LogP contribution is 2.70. The van der Waals surface area contributed by atoms with Crippen molar-refractivity contribution in [2.45, 2.75) is 40.0 Å². The maximum Gasteiger partial charge on any atom is 0.0459 e. The summed E-state index contributed by atoms with van der Waals surface area (Å²) in [7, 11) is 0. The summed E-state index contributed by atoms with van der Waals surface area (Å²) in [5.41, 5.74) is 0.702. The van der Waals surface area contributed by atoms with Gasteiger partial charge in [0.25, 0.3) is 0 Å². The second kappa shape index (κ2) is 2.98. The fraction of sp³-hybridized carbons (Fsp3) is 1.00. The maximum atomic E-state index is 9.15. The lowest BCUT2D eigenvalue weighted by atomic mass is 9.89. The molecule has 0 aromatic heterocycles. The number of rotatable bonds is 3. The van der Waals surface area contributed by atoms with E-state index < -0.39 is 0 Å². The van der Waals surface area contributed by atoms with Crippen LogP contribution in [0.1, 0.15) is 40.0 Å². The Bertz CT molecular complexity index is 199. The van der Waals surface area contributed by atoms with E-state index in [1.54, 1.807) is 0 Å². The van der Waals surface area contributed by atoms with Gasteiger partial charge in [-0.1, -0.05) is 20.8 Å². The van der Waals surface area contributed by atoms with Crippen LogP contribution in [-0.4, -0.2) is 11.7 Å². The molecule has 0 saturated heterocycles. The van der Waals surface area contributed by atoms with Gasteiger partial charge in [0.05, 0.1) is 0 Å². The van der Waals surface area contributed by atoms with Crippen LogP contribution in [0.3, 0.4) is 0 Å². The second-order valence-electron chi connectivity index (χ2n) is 5.56. The minimum atomic E-state index is 0.384. The molecule has 0 aliphatic heterocycles. The Morgan fingerprint density at radius 3 is 2.46 bits per heavy atom. The smallest absolute Gasteiger partial charge is 0.0459 e. The molecule has 2 rings (SSSR count). The number of aliphatic hydroxyl groups excluding tert-OH is 1. The zero-order chi connectivity index (χ0) is 9.64. The fourth-order valence-electron chi connectivity index (χ4n) is 3.62. The lowest BCUT2D eigenvalue weighted by Gasteiger charge is -2.17. The molecule has 0 aromatic carbocycles. The van der Waals surface area contributed by atoms with Gasteiger partial charge in [-0.2, -0.15) is 0 Å². The van der Waals surface area contributed by atoms with Gasteiger partial charge in [-0.3, -0.25) is 0 Å². The molecule has 0 amide bonds. The van der Waals surface area contributed by atoms with Gasteiger partial charge in [0.15, 0.2) is 0 Å². The third kappa shape index (κ3) is 1.24. The van der Waals surface area contributed by atoms with E-state index in [9.17, 15) is 0 Å². The zero-order valence-electron chi connectivity index (χ0n) is 9.09. The average Bonchev–Trinajstić information content (AvgIpc) is 2.73. The summed E-state index contributed by atoms with van der Waals surface area (Å²) in [5.74, 6) is 3.17. The Hall–Kier alpha value is -0.0400. The molecule has 4 atom stereocenters. The number of hydrogen-bond acceptors (Lipinski definition) is 1. The Kier molecular flexibility index (Phi) is 2.18. The average molecular weight is 182 g/mol. The molecule has 2 fully saturated rings. The summed E-state index contributed by atoms with van der Waals surface area (Å²) < 4.78 is 0. The minimum Gasteiger partial charge on any atom is -0.396 e. The van der Waals surface area contributed by atoms with Crippen LogP contribution in [0.2, 0.25) is 0 Å². The van der Waals surface area contributed by atoms with Gasteiger partial charge in [-0.05, 0) is 48.3 Å². The zero-order valence-corrected chi connectivity index (χ0v) is 9.09. The number of aliphatic hydroxyl groups is 1. The van der Waals surface area contributed by atoms with E-state index >= 15 is 0 Å². The molecular formula is C12H22O. The van der Waals surface area contributed by atoms with E-state index in [0.29, 0.717) is 17.9 Å². The first-order valence-corrected chi connectivity index (χ1v) is 5.72. The predicted molar refractivity (Wildman–Crippen MR) is 54.4 cm³/mol. The molecule has 1 heteroatoms. The highest BCUT2D eigenvalue weighted by molar-refractivity contribution is 5.12. The van der Waals surface area contributed by atoms with Crippen LogP contribution in [0.4, 0.5) is 0 Å². The fourth-order valence-corrected chi connectivity index (χ4v) is 3.62. The molecule has 76 valence electrons. The Morgan fingerprint density at radius 2 is 2.08 bits per heavy atom. The van der Waals surface area contributed by atoms with Gasteiger partial charge in [-0.15, -0.1) is 0 Å². The number of hydrogen-bond donors (Lipinski definition) is 1. The van der Waals surface area contributed by atoms with Crippen molar-refractivity contribution in [1.82, 2.24) is 0 Å². The molecule has 4 unspecified atom stereocenters. The van der Waals surface area contributed by atoms with Gasteiger partial charge in [0.1, 0.15) is 0 Å². The standard InChI is InChI=1S/C12H22O/c1-8(2)12-5-4-10(9(3)7-13)11(12)6-12/h8-11,13H,4-7H2,1-3H3. The topological polar surface area (TPSA) is 20.2 Å².